The number of nitrogens with one attached hydrogen (secondary N) is 2. The molecule has 7 nitrogen and oxygen atoms in total. The Hall–Kier alpha value is -2.74. The molecule has 0 fully saturated rings. The molecule has 0 saturated heterocycles. The maximum atomic E-state index is 12.2. The SMILES string of the molecule is O=C(NCCn1nc2c(cc1=O)CCCC2)c1cc(-c2cccs2)[nH]n1. The first-order valence-corrected chi connectivity index (χ1v) is 9.56. The van der Waals surface area contributed by atoms with Crippen LogP contribution in [0.1, 0.15) is 34.6 Å². The number of aromatic amines is 1. The van der Waals surface area contributed by atoms with Crippen molar-refractivity contribution >= 4 is 17.2 Å². The van der Waals surface area contributed by atoms with Gasteiger partial charge in [-0.2, -0.15) is 10.2 Å². The van der Waals surface area contributed by atoms with E-state index in [1.165, 1.54) is 4.68 Å². The van der Waals surface area contributed by atoms with E-state index < -0.39 is 0 Å². The molecule has 1 aliphatic carbocycles. The number of carbonyl (C=O) groups is 1. The lowest BCUT2D eigenvalue weighted by Gasteiger charge is -2.15. The van der Waals surface area contributed by atoms with Gasteiger partial charge in [0.15, 0.2) is 5.69 Å². The Morgan fingerprint density at radius 2 is 2.19 bits per heavy atom. The molecule has 0 atom stereocenters. The monoisotopic (exact) mass is 369 g/mol. The van der Waals surface area contributed by atoms with Crippen LogP contribution in [0.25, 0.3) is 10.6 Å². The number of aromatic nitrogens is 4. The first-order chi connectivity index (χ1) is 12.7. The van der Waals surface area contributed by atoms with E-state index >= 15 is 0 Å². The average Bonchev–Trinajstić information content (AvgIpc) is 3.33. The molecule has 0 unspecified atom stereocenters. The number of rotatable bonds is 5. The molecule has 26 heavy (non-hydrogen) atoms. The zero-order valence-corrected chi connectivity index (χ0v) is 15.0. The summed E-state index contributed by atoms with van der Waals surface area (Å²) in [6, 6.07) is 7.33. The highest BCUT2D eigenvalue weighted by atomic mass is 32.1. The quantitative estimate of drug-likeness (QED) is 0.719. The molecule has 134 valence electrons. The lowest BCUT2D eigenvalue weighted by atomic mass is 9.97. The summed E-state index contributed by atoms with van der Waals surface area (Å²) < 4.78 is 1.44. The molecular weight excluding hydrogens is 350 g/mol. The Kier molecular flexibility index (Phi) is 4.66. The van der Waals surface area contributed by atoms with E-state index in [-0.39, 0.29) is 11.5 Å². The first-order valence-electron chi connectivity index (χ1n) is 8.68. The Labute approximate surface area is 154 Å². The second-order valence-corrected chi connectivity index (χ2v) is 7.23. The second kappa shape index (κ2) is 7.25. The summed E-state index contributed by atoms with van der Waals surface area (Å²) in [4.78, 5) is 25.4. The van der Waals surface area contributed by atoms with Crippen LogP contribution < -0.4 is 10.9 Å². The van der Waals surface area contributed by atoms with E-state index in [9.17, 15) is 9.59 Å². The van der Waals surface area contributed by atoms with Crippen LogP contribution in [0.5, 0.6) is 0 Å². The number of fused-ring (bicyclic) bond motifs is 1. The van der Waals surface area contributed by atoms with Crippen LogP contribution in [0, 0.1) is 0 Å². The second-order valence-electron chi connectivity index (χ2n) is 6.28. The summed E-state index contributed by atoms with van der Waals surface area (Å²) in [7, 11) is 0. The predicted octanol–water partition coefficient (Wildman–Crippen LogP) is 2.00. The third-order valence-electron chi connectivity index (χ3n) is 4.48. The fourth-order valence-corrected chi connectivity index (χ4v) is 3.82. The van der Waals surface area contributed by atoms with Crippen molar-refractivity contribution in [2.24, 2.45) is 0 Å². The summed E-state index contributed by atoms with van der Waals surface area (Å²) in [5.41, 5.74) is 3.12. The number of thiophene rings is 1. The zero-order valence-electron chi connectivity index (χ0n) is 14.2. The molecule has 0 saturated carbocycles. The fourth-order valence-electron chi connectivity index (χ4n) is 3.12. The van der Waals surface area contributed by atoms with Crippen molar-refractivity contribution in [3.63, 3.8) is 0 Å². The molecule has 0 bridgehead atoms. The molecule has 1 aliphatic rings. The maximum absolute atomic E-state index is 12.2. The number of hydrogen-bond acceptors (Lipinski definition) is 5. The molecular formula is C18H19N5O2S. The molecule has 0 aromatic carbocycles. The van der Waals surface area contributed by atoms with Crippen LogP contribution in [-0.4, -0.2) is 32.4 Å². The van der Waals surface area contributed by atoms with Gasteiger partial charge in [0.05, 0.1) is 22.8 Å². The van der Waals surface area contributed by atoms with Crippen LogP contribution in [-0.2, 0) is 19.4 Å². The minimum atomic E-state index is -0.268. The molecule has 0 aliphatic heterocycles. The molecule has 1 amide bonds. The minimum absolute atomic E-state index is 0.111. The van der Waals surface area contributed by atoms with Crippen molar-refractivity contribution < 1.29 is 4.79 Å². The topological polar surface area (TPSA) is 92.7 Å². The van der Waals surface area contributed by atoms with Gasteiger partial charge in [-0.1, -0.05) is 6.07 Å². The number of hydrogen-bond donors (Lipinski definition) is 2. The Balaban J connectivity index is 1.37. The van der Waals surface area contributed by atoms with E-state index in [0.717, 1.165) is 47.5 Å². The van der Waals surface area contributed by atoms with Crippen molar-refractivity contribution in [3.05, 3.63) is 57.0 Å². The third-order valence-corrected chi connectivity index (χ3v) is 5.38. The van der Waals surface area contributed by atoms with Gasteiger partial charge in [-0.25, -0.2) is 4.68 Å². The Morgan fingerprint density at radius 3 is 3.04 bits per heavy atom. The predicted molar refractivity (Wildman–Crippen MR) is 99.4 cm³/mol. The van der Waals surface area contributed by atoms with E-state index in [1.54, 1.807) is 23.5 Å². The van der Waals surface area contributed by atoms with Crippen LogP contribution in [0.2, 0.25) is 0 Å². The number of carbonyl (C=O) groups excluding carboxylic acids is 1. The molecule has 2 N–H and O–H groups in total. The van der Waals surface area contributed by atoms with Crippen LogP contribution in [0.3, 0.4) is 0 Å². The first kappa shape index (κ1) is 16.7. The number of H-pyrrole nitrogens is 1. The van der Waals surface area contributed by atoms with Crippen LogP contribution in [0.4, 0.5) is 0 Å². The smallest absolute Gasteiger partial charge is 0.271 e. The van der Waals surface area contributed by atoms with Gasteiger partial charge >= 0.3 is 0 Å². The highest BCUT2D eigenvalue weighted by Gasteiger charge is 2.14. The summed E-state index contributed by atoms with van der Waals surface area (Å²) in [6.07, 6.45) is 4.08. The molecule has 0 radical (unpaired) electrons. The van der Waals surface area contributed by atoms with Gasteiger partial charge in [-0.3, -0.25) is 14.7 Å². The van der Waals surface area contributed by atoms with Gasteiger partial charge in [0.2, 0.25) is 0 Å². The van der Waals surface area contributed by atoms with Crippen LogP contribution >= 0.6 is 11.3 Å². The van der Waals surface area contributed by atoms with Crippen molar-refractivity contribution in [1.29, 1.82) is 0 Å². The van der Waals surface area contributed by atoms with Gasteiger partial charge in [0.1, 0.15) is 0 Å². The van der Waals surface area contributed by atoms with Gasteiger partial charge in [-0.15, -0.1) is 11.3 Å². The molecule has 3 heterocycles. The van der Waals surface area contributed by atoms with Crippen molar-refractivity contribution in [3.8, 4) is 10.6 Å². The average molecular weight is 369 g/mol. The van der Waals surface area contributed by atoms with E-state index in [4.69, 9.17) is 0 Å². The van der Waals surface area contributed by atoms with Gasteiger partial charge in [0, 0.05) is 12.6 Å². The van der Waals surface area contributed by atoms with Crippen molar-refractivity contribution in [2.45, 2.75) is 32.2 Å². The molecule has 0 spiro atoms. The van der Waals surface area contributed by atoms with Gasteiger partial charge < -0.3 is 5.32 Å². The summed E-state index contributed by atoms with van der Waals surface area (Å²) >= 11 is 1.58. The molecule has 3 aromatic rings. The summed E-state index contributed by atoms with van der Waals surface area (Å²) in [6.45, 7) is 0.672. The minimum Gasteiger partial charge on any atom is -0.349 e. The Bertz CT molecular complexity index is 974. The Morgan fingerprint density at radius 1 is 1.31 bits per heavy atom. The fraction of sp³-hybridized carbons (Fsp3) is 0.333. The van der Waals surface area contributed by atoms with Gasteiger partial charge in [0.25, 0.3) is 11.5 Å². The third kappa shape index (κ3) is 3.45. The zero-order chi connectivity index (χ0) is 17.9. The standard InChI is InChI=1S/C18H19N5O2S/c24-17-10-12-4-1-2-5-13(12)22-23(17)8-7-19-18(25)15-11-14(20-21-15)16-6-3-9-26-16/h3,6,9-11H,1-2,4-5,7-8H2,(H,19,25)(H,20,21). The normalized spacial score (nSPS) is 13.4. The van der Waals surface area contributed by atoms with E-state index in [2.05, 4.69) is 20.6 Å². The van der Waals surface area contributed by atoms with Crippen molar-refractivity contribution in [2.75, 3.05) is 6.54 Å². The highest BCUT2D eigenvalue weighted by Crippen LogP contribution is 2.22. The molecule has 3 aromatic heterocycles. The number of aryl methyl sites for hydroxylation is 2. The number of nitrogens with zero attached hydrogens (tertiary/aromatic N) is 3. The lowest BCUT2D eigenvalue weighted by molar-refractivity contribution is 0.0946. The maximum Gasteiger partial charge on any atom is 0.271 e. The number of amides is 1. The molecule has 4 rings (SSSR count). The lowest BCUT2D eigenvalue weighted by Crippen LogP contribution is -2.33. The van der Waals surface area contributed by atoms with Crippen molar-refractivity contribution in [1.82, 2.24) is 25.3 Å². The molecule has 8 heteroatoms. The van der Waals surface area contributed by atoms with Gasteiger partial charge in [-0.05, 0) is 48.8 Å². The van der Waals surface area contributed by atoms with E-state index in [0.29, 0.717) is 18.8 Å². The van der Waals surface area contributed by atoms with Crippen LogP contribution in [0.15, 0.2) is 34.4 Å². The largest absolute Gasteiger partial charge is 0.349 e. The summed E-state index contributed by atoms with van der Waals surface area (Å²) in [5, 5.41) is 16.2. The summed E-state index contributed by atoms with van der Waals surface area (Å²) in [5.74, 6) is -0.268. The highest BCUT2D eigenvalue weighted by molar-refractivity contribution is 7.13. The van der Waals surface area contributed by atoms with E-state index in [1.807, 2.05) is 17.5 Å².